The first-order chi connectivity index (χ1) is 9.70. The third kappa shape index (κ3) is 3.95. The van der Waals surface area contributed by atoms with E-state index in [0.29, 0.717) is 0 Å². The van der Waals surface area contributed by atoms with Gasteiger partial charge >= 0.3 is 0 Å². The van der Waals surface area contributed by atoms with E-state index in [1.807, 2.05) is 49.5 Å². The number of benzene rings is 1. The van der Waals surface area contributed by atoms with Crippen molar-refractivity contribution < 1.29 is 0 Å². The number of anilines is 1. The molecule has 1 aromatic carbocycles. The number of hydrogen-bond acceptors (Lipinski definition) is 3. The molecule has 0 unspecified atom stereocenters. The van der Waals surface area contributed by atoms with E-state index in [2.05, 4.69) is 22.1 Å². The minimum absolute atomic E-state index is 0.747. The van der Waals surface area contributed by atoms with Gasteiger partial charge in [-0.1, -0.05) is 42.8 Å². The van der Waals surface area contributed by atoms with Gasteiger partial charge in [0, 0.05) is 25.2 Å². The second kappa shape index (κ2) is 7.27. The molecule has 106 valence electrons. The van der Waals surface area contributed by atoms with Gasteiger partial charge in [-0.05, 0) is 30.3 Å². The summed E-state index contributed by atoms with van der Waals surface area (Å²) in [5.41, 5.74) is 2.16. The zero-order valence-corrected chi connectivity index (χ0v) is 12.7. The van der Waals surface area contributed by atoms with E-state index in [-0.39, 0.29) is 0 Å². The Hall–Kier alpha value is -1.58. The van der Waals surface area contributed by atoms with Crippen LogP contribution >= 0.6 is 11.6 Å². The molecule has 0 radical (unpaired) electrons. The summed E-state index contributed by atoms with van der Waals surface area (Å²) in [6.45, 7) is 4.58. The summed E-state index contributed by atoms with van der Waals surface area (Å²) < 4.78 is 0. The van der Waals surface area contributed by atoms with Crippen molar-refractivity contribution in [2.45, 2.75) is 20.0 Å². The summed E-state index contributed by atoms with van der Waals surface area (Å²) in [5.74, 6) is 0.959. The highest BCUT2D eigenvalue weighted by atomic mass is 35.5. The van der Waals surface area contributed by atoms with Crippen LogP contribution in [0.3, 0.4) is 0 Å². The van der Waals surface area contributed by atoms with Crippen LogP contribution in [-0.2, 0) is 13.1 Å². The van der Waals surface area contributed by atoms with E-state index in [1.165, 1.54) is 0 Å². The highest BCUT2D eigenvalue weighted by molar-refractivity contribution is 6.31. The Morgan fingerprint density at radius 2 is 1.95 bits per heavy atom. The monoisotopic (exact) mass is 289 g/mol. The molecule has 0 saturated carbocycles. The smallest absolute Gasteiger partial charge is 0.128 e. The number of pyridine rings is 1. The van der Waals surface area contributed by atoms with Gasteiger partial charge in [0.1, 0.15) is 5.82 Å². The van der Waals surface area contributed by atoms with Crippen LogP contribution in [0.2, 0.25) is 5.02 Å². The molecule has 4 heteroatoms. The van der Waals surface area contributed by atoms with Gasteiger partial charge in [0.15, 0.2) is 0 Å². The second-order valence-corrected chi connectivity index (χ2v) is 5.12. The highest BCUT2D eigenvalue weighted by Gasteiger charge is 2.06. The highest BCUT2D eigenvalue weighted by Crippen LogP contribution is 2.19. The van der Waals surface area contributed by atoms with Gasteiger partial charge in [0.2, 0.25) is 0 Å². The predicted molar refractivity (Wildman–Crippen MR) is 85.2 cm³/mol. The number of nitrogens with one attached hydrogen (secondary N) is 1. The Morgan fingerprint density at radius 1 is 1.15 bits per heavy atom. The van der Waals surface area contributed by atoms with E-state index in [1.54, 1.807) is 0 Å². The molecule has 0 saturated heterocycles. The van der Waals surface area contributed by atoms with E-state index < -0.39 is 0 Å². The van der Waals surface area contributed by atoms with Crippen LogP contribution in [0.25, 0.3) is 0 Å². The summed E-state index contributed by atoms with van der Waals surface area (Å²) in [5, 5.41) is 4.08. The lowest BCUT2D eigenvalue weighted by atomic mass is 10.2. The molecule has 2 rings (SSSR count). The lowest BCUT2D eigenvalue weighted by molar-refractivity contribution is 0.708. The molecule has 0 bridgehead atoms. The van der Waals surface area contributed by atoms with Crippen LogP contribution in [0.5, 0.6) is 0 Å². The summed E-state index contributed by atoms with van der Waals surface area (Å²) in [4.78, 5) is 6.76. The van der Waals surface area contributed by atoms with Crippen LogP contribution in [0, 0.1) is 0 Å². The first-order valence-corrected chi connectivity index (χ1v) is 7.19. The molecule has 0 spiro atoms. The molecule has 1 aromatic heterocycles. The van der Waals surface area contributed by atoms with Gasteiger partial charge in [-0.15, -0.1) is 0 Å². The average Bonchev–Trinajstić information content (AvgIpc) is 2.48. The number of rotatable bonds is 6. The molecule has 0 aliphatic heterocycles. The summed E-state index contributed by atoms with van der Waals surface area (Å²) in [6, 6.07) is 14.0. The van der Waals surface area contributed by atoms with Gasteiger partial charge in [-0.3, -0.25) is 0 Å². The third-order valence-electron chi connectivity index (χ3n) is 3.10. The maximum Gasteiger partial charge on any atom is 0.128 e. The SMILES string of the molecule is CCNCc1cccc(N(C)Cc2ccccc2Cl)n1. The van der Waals surface area contributed by atoms with Crippen LogP contribution in [-0.4, -0.2) is 18.6 Å². The maximum absolute atomic E-state index is 6.20. The van der Waals surface area contributed by atoms with Crippen LogP contribution in [0.4, 0.5) is 5.82 Å². The zero-order chi connectivity index (χ0) is 14.4. The molecule has 0 aliphatic carbocycles. The normalized spacial score (nSPS) is 10.6. The number of nitrogens with zero attached hydrogens (tertiary/aromatic N) is 2. The minimum Gasteiger partial charge on any atom is -0.355 e. The number of hydrogen-bond donors (Lipinski definition) is 1. The molecule has 0 atom stereocenters. The van der Waals surface area contributed by atoms with Crippen molar-refractivity contribution in [2.24, 2.45) is 0 Å². The maximum atomic E-state index is 6.20. The van der Waals surface area contributed by atoms with Gasteiger partial charge in [0.25, 0.3) is 0 Å². The molecule has 3 nitrogen and oxygen atoms in total. The first kappa shape index (κ1) is 14.8. The number of halogens is 1. The van der Waals surface area contributed by atoms with Crippen molar-refractivity contribution in [1.29, 1.82) is 0 Å². The van der Waals surface area contributed by atoms with E-state index in [9.17, 15) is 0 Å². The molecule has 20 heavy (non-hydrogen) atoms. The Labute approximate surface area is 125 Å². The molecule has 2 aromatic rings. The van der Waals surface area contributed by atoms with Crippen LogP contribution in [0.1, 0.15) is 18.2 Å². The fourth-order valence-electron chi connectivity index (χ4n) is 1.99. The van der Waals surface area contributed by atoms with Crippen molar-refractivity contribution in [3.05, 3.63) is 58.7 Å². The lowest BCUT2D eigenvalue weighted by Gasteiger charge is -2.19. The Kier molecular flexibility index (Phi) is 5.39. The van der Waals surface area contributed by atoms with Crippen molar-refractivity contribution in [3.8, 4) is 0 Å². The summed E-state index contributed by atoms with van der Waals surface area (Å²) in [6.07, 6.45) is 0. The predicted octanol–water partition coefficient (Wildman–Crippen LogP) is 3.48. The largest absolute Gasteiger partial charge is 0.355 e. The first-order valence-electron chi connectivity index (χ1n) is 6.82. The van der Waals surface area contributed by atoms with Crippen LogP contribution in [0.15, 0.2) is 42.5 Å². The molecule has 0 amide bonds. The average molecular weight is 290 g/mol. The van der Waals surface area contributed by atoms with E-state index in [0.717, 1.165) is 41.7 Å². The van der Waals surface area contributed by atoms with Crippen molar-refractivity contribution in [2.75, 3.05) is 18.5 Å². The van der Waals surface area contributed by atoms with Gasteiger partial charge in [-0.25, -0.2) is 4.98 Å². The zero-order valence-electron chi connectivity index (χ0n) is 11.9. The Bertz CT molecular complexity index is 557. The van der Waals surface area contributed by atoms with Crippen molar-refractivity contribution in [1.82, 2.24) is 10.3 Å². The van der Waals surface area contributed by atoms with Gasteiger partial charge in [-0.2, -0.15) is 0 Å². The molecule has 1 N–H and O–H groups in total. The standard InChI is InChI=1S/C16H20ClN3/c1-3-18-11-14-8-6-10-16(19-14)20(2)12-13-7-4-5-9-15(13)17/h4-10,18H,3,11-12H2,1-2H3. The Balaban J connectivity index is 2.09. The quantitative estimate of drug-likeness (QED) is 0.882. The topological polar surface area (TPSA) is 28.2 Å². The molecule has 0 fully saturated rings. The Morgan fingerprint density at radius 3 is 2.70 bits per heavy atom. The summed E-state index contributed by atoms with van der Waals surface area (Å²) in [7, 11) is 2.03. The fraction of sp³-hybridized carbons (Fsp3) is 0.312. The van der Waals surface area contributed by atoms with E-state index >= 15 is 0 Å². The minimum atomic E-state index is 0.747. The van der Waals surface area contributed by atoms with Crippen molar-refractivity contribution in [3.63, 3.8) is 0 Å². The molecule has 0 aliphatic rings. The van der Waals surface area contributed by atoms with Crippen molar-refractivity contribution >= 4 is 17.4 Å². The molecular weight excluding hydrogens is 270 g/mol. The summed E-state index contributed by atoms with van der Waals surface area (Å²) >= 11 is 6.20. The third-order valence-corrected chi connectivity index (χ3v) is 3.47. The lowest BCUT2D eigenvalue weighted by Crippen LogP contribution is -2.19. The van der Waals surface area contributed by atoms with Gasteiger partial charge in [0.05, 0.1) is 5.69 Å². The second-order valence-electron chi connectivity index (χ2n) is 4.71. The molecular formula is C16H20ClN3. The number of aromatic nitrogens is 1. The van der Waals surface area contributed by atoms with Crippen LogP contribution < -0.4 is 10.2 Å². The van der Waals surface area contributed by atoms with Gasteiger partial charge < -0.3 is 10.2 Å². The fourth-order valence-corrected chi connectivity index (χ4v) is 2.19. The van der Waals surface area contributed by atoms with E-state index in [4.69, 9.17) is 11.6 Å². The molecule has 1 heterocycles.